The van der Waals surface area contributed by atoms with Crippen molar-refractivity contribution in [3.8, 4) is 0 Å². The van der Waals surface area contributed by atoms with Gasteiger partial charge in [0.05, 0.1) is 11.5 Å². The number of aromatic nitrogens is 2. The summed E-state index contributed by atoms with van der Waals surface area (Å²) in [6, 6.07) is 3.75. The van der Waals surface area contributed by atoms with Crippen molar-refractivity contribution in [2.24, 2.45) is 5.92 Å². The molecule has 28 heavy (non-hydrogen) atoms. The summed E-state index contributed by atoms with van der Waals surface area (Å²) in [7, 11) is 0. The van der Waals surface area contributed by atoms with E-state index in [1.165, 1.54) is 11.3 Å². The molecule has 4 heterocycles. The molecule has 2 aliphatic rings. The first-order chi connectivity index (χ1) is 13.7. The van der Waals surface area contributed by atoms with Crippen molar-refractivity contribution < 1.29 is 18.8 Å². The van der Waals surface area contributed by atoms with E-state index in [0.29, 0.717) is 30.7 Å². The molecule has 0 spiro atoms. The van der Waals surface area contributed by atoms with E-state index in [2.05, 4.69) is 10.1 Å². The molecule has 0 saturated carbocycles. The number of amides is 1. The highest BCUT2D eigenvalue weighted by Crippen LogP contribution is 2.33. The Hall–Kier alpha value is -1.77. The third-order valence-electron chi connectivity index (χ3n) is 5.40. The highest BCUT2D eigenvalue weighted by molar-refractivity contribution is 7.13. The molecule has 152 valence electrons. The van der Waals surface area contributed by atoms with Gasteiger partial charge < -0.3 is 18.9 Å². The third kappa shape index (κ3) is 4.61. The van der Waals surface area contributed by atoms with Crippen molar-refractivity contribution in [3.63, 3.8) is 0 Å². The van der Waals surface area contributed by atoms with E-state index in [4.69, 9.17) is 14.0 Å². The Bertz CT molecular complexity index is 784. The maximum Gasteiger partial charge on any atom is 0.264 e. The summed E-state index contributed by atoms with van der Waals surface area (Å²) in [6.07, 6.45) is 4.57. The van der Waals surface area contributed by atoms with Crippen LogP contribution in [0.3, 0.4) is 0 Å². The maximum atomic E-state index is 12.8. The SMILES string of the molecule is Cc1ccc(C(=O)N2CCC[C@H]2c2nc(CCOCC3CCOCC3)no2)s1. The Morgan fingerprint density at radius 2 is 2.18 bits per heavy atom. The van der Waals surface area contributed by atoms with Crippen molar-refractivity contribution in [2.45, 2.75) is 45.1 Å². The van der Waals surface area contributed by atoms with Gasteiger partial charge in [-0.2, -0.15) is 4.98 Å². The number of nitrogens with zero attached hydrogens (tertiary/aromatic N) is 3. The minimum absolute atomic E-state index is 0.0557. The highest BCUT2D eigenvalue weighted by Gasteiger charge is 2.35. The lowest BCUT2D eigenvalue weighted by atomic mass is 10.0. The van der Waals surface area contributed by atoms with Crippen LogP contribution in [0, 0.1) is 12.8 Å². The molecule has 8 heteroatoms. The zero-order chi connectivity index (χ0) is 19.3. The first kappa shape index (κ1) is 19.5. The molecule has 0 aliphatic carbocycles. The summed E-state index contributed by atoms with van der Waals surface area (Å²) in [5, 5.41) is 4.09. The van der Waals surface area contributed by atoms with Crippen LogP contribution in [0.5, 0.6) is 0 Å². The fourth-order valence-corrected chi connectivity index (χ4v) is 4.61. The predicted octanol–water partition coefficient (Wildman–Crippen LogP) is 3.40. The van der Waals surface area contributed by atoms with Gasteiger partial charge in [-0.15, -0.1) is 11.3 Å². The van der Waals surface area contributed by atoms with E-state index in [-0.39, 0.29) is 11.9 Å². The van der Waals surface area contributed by atoms with Crippen LogP contribution in [0.15, 0.2) is 16.7 Å². The molecule has 0 aromatic carbocycles. The fraction of sp³-hybridized carbons (Fsp3) is 0.650. The maximum absolute atomic E-state index is 12.8. The van der Waals surface area contributed by atoms with Crippen LogP contribution in [0.2, 0.25) is 0 Å². The second-order valence-electron chi connectivity index (χ2n) is 7.50. The van der Waals surface area contributed by atoms with Gasteiger partial charge in [0.1, 0.15) is 6.04 Å². The van der Waals surface area contributed by atoms with E-state index in [1.807, 2.05) is 24.0 Å². The Morgan fingerprint density at radius 1 is 1.32 bits per heavy atom. The summed E-state index contributed by atoms with van der Waals surface area (Å²) in [5.41, 5.74) is 0. The Morgan fingerprint density at radius 3 is 2.96 bits per heavy atom. The van der Waals surface area contributed by atoms with E-state index in [0.717, 1.165) is 61.8 Å². The van der Waals surface area contributed by atoms with Crippen molar-refractivity contribution >= 4 is 17.2 Å². The van der Waals surface area contributed by atoms with Gasteiger partial charge in [-0.25, -0.2) is 0 Å². The lowest BCUT2D eigenvalue weighted by Crippen LogP contribution is -2.30. The quantitative estimate of drug-likeness (QED) is 0.657. The van der Waals surface area contributed by atoms with Crippen molar-refractivity contribution in [3.05, 3.63) is 33.6 Å². The van der Waals surface area contributed by atoms with Crippen LogP contribution < -0.4 is 0 Å². The molecule has 2 aromatic rings. The van der Waals surface area contributed by atoms with Crippen LogP contribution in [-0.4, -0.2) is 53.9 Å². The minimum Gasteiger partial charge on any atom is -0.381 e. The van der Waals surface area contributed by atoms with Gasteiger partial charge >= 0.3 is 0 Å². The van der Waals surface area contributed by atoms with Gasteiger partial charge in [-0.05, 0) is 50.7 Å². The number of carbonyl (C=O) groups is 1. The Kier molecular flexibility index (Phi) is 6.39. The summed E-state index contributed by atoms with van der Waals surface area (Å²) in [6.45, 7) is 5.76. The lowest BCUT2D eigenvalue weighted by Gasteiger charge is -2.21. The van der Waals surface area contributed by atoms with Crippen molar-refractivity contribution in [1.29, 1.82) is 0 Å². The molecule has 0 N–H and O–H groups in total. The summed E-state index contributed by atoms with van der Waals surface area (Å²) in [4.78, 5) is 21.1. The molecule has 2 fully saturated rings. The highest BCUT2D eigenvalue weighted by atomic mass is 32.1. The number of rotatable bonds is 7. The molecule has 2 aliphatic heterocycles. The molecule has 2 aromatic heterocycles. The van der Waals surface area contributed by atoms with Gasteiger partial charge in [-0.1, -0.05) is 5.16 Å². The molecule has 1 atom stereocenters. The van der Waals surface area contributed by atoms with Gasteiger partial charge in [-0.3, -0.25) is 4.79 Å². The van der Waals surface area contributed by atoms with Crippen LogP contribution in [0.1, 0.15) is 58.0 Å². The number of hydrogen-bond donors (Lipinski definition) is 0. The summed E-state index contributed by atoms with van der Waals surface area (Å²) < 4.78 is 16.7. The molecule has 7 nitrogen and oxygen atoms in total. The van der Waals surface area contributed by atoms with Crippen molar-refractivity contribution in [1.82, 2.24) is 15.0 Å². The second kappa shape index (κ2) is 9.15. The third-order valence-corrected chi connectivity index (χ3v) is 6.39. The average molecular weight is 406 g/mol. The zero-order valence-electron chi connectivity index (χ0n) is 16.3. The molecule has 1 amide bonds. The number of aryl methyl sites for hydroxylation is 1. The van der Waals surface area contributed by atoms with E-state index < -0.39 is 0 Å². The summed E-state index contributed by atoms with van der Waals surface area (Å²) >= 11 is 1.53. The number of likely N-dealkylation sites (tertiary alicyclic amines) is 1. The summed E-state index contributed by atoms with van der Waals surface area (Å²) in [5.74, 6) is 1.83. The second-order valence-corrected chi connectivity index (χ2v) is 8.78. The molecule has 4 rings (SSSR count). The lowest BCUT2D eigenvalue weighted by molar-refractivity contribution is 0.0211. The van der Waals surface area contributed by atoms with E-state index in [9.17, 15) is 4.79 Å². The van der Waals surface area contributed by atoms with Crippen LogP contribution >= 0.6 is 11.3 Å². The zero-order valence-corrected chi connectivity index (χ0v) is 17.1. The molecule has 2 saturated heterocycles. The Labute approximate surface area is 169 Å². The number of hydrogen-bond acceptors (Lipinski definition) is 7. The van der Waals surface area contributed by atoms with Gasteiger partial charge in [0, 0.05) is 37.7 Å². The molecular formula is C20H27N3O4S. The van der Waals surface area contributed by atoms with Gasteiger partial charge in [0.25, 0.3) is 5.91 Å². The van der Waals surface area contributed by atoms with Crippen LogP contribution in [0.25, 0.3) is 0 Å². The van der Waals surface area contributed by atoms with Gasteiger partial charge in [0.2, 0.25) is 5.89 Å². The normalized spacial score (nSPS) is 20.8. The topological polar surface area (TPSA) is 77.7 Å². The van der Waals surface area contributed by atoms with E-state index >= 15 is 0 Å². The molecule has 0 unspecified atom stereocenters. The smallest absolute Gasteiger partial charge is 0.264 e. The number of thiophene rings is 1. The Balaban J connectivity index is 1.29. The van der Waals surface area contributed by atoms with E-state index in [1.54, 1.807) is 0 Å². The van der Waals surface area contributed by atoms with Crippen LogP contribution in [0.4, 0.5) is 0 Å². The minimum atomic E-state index is -0.126. The molecule has 0 radical (unpaired) electrons. The fourth-order valence-electron chi connectivity index (χ4n) is 3.79. The standard InChI is InChI=1S/C20H27N3O4S/c1-14-4-5-17(28-14)20(24)23-9-2-3-16(23)19-21-18(22-27-19)8-12-26-13-15-6-10-25-11-7-15/h4-5,15-16H,2-3,6-13H2,1H3/t16-/m0/s1. The first-order valence-electron chi connectivity index (χ1n) is 10.1. The number of carbonyl (C=O) groups excluding carboxylic acids is 1. The molecular weight excluding hydrogens is 378 g/mol. The van der Waals surface area contributed by atoms with Gasteiger partial charge in [0.15, 0.2) is 5.82 Å². The predicted molar refractivity (Wildman–Crippen MR) is 104 cm³/mol. The monoisotopic (exact) mass is 405 g/mol. The molecule has 0 bridgehead atoms. The van der Waals surface area contributed by atoms with Crippen molar-refractivity contribution in [2.75, 3.05) is 33.0 Å². The number of ether oxygens (including phenoxy) is 2. The van der Waals surface area contributed by atoms with Crippen LogP contribution in [-0.2, 0) is 15.9 Å². The first-order valence-corrected chi connectivity index (χ1v) is 10.9. The largest absolute Gasteiger partial charge is 0.381 e. The average Bonchev–Trinajstić information content (AvgIpc) is 3.46.